The second-order valence-electron chi connectivity index (χ2n) is 4.39. The second-order valence-corrected chi connectivity index (χ2v) is 5.48. The number of hydrogen-bond donors (Lipinski definition) is 2. The maximum Gasteiger partial charge on any atom is 0.308 e. The Morgan fingerprint density at radius 2 is 1.89 bits per heavy atom. The Labute approximate surface area is 119 Å². The van der Waals surface area contributed by atoms with Crippen molar-refractivity contribution in [2.24, 2.45) is 17.6 Å². The van der Waals surface area contributed by atoms with E-state index < -0.39 is 11.9 Å². The van der Waals surface area contributed by atoms with Gasteiger partial charge in [0.25, 0.3) is 0 Å². The molecular formula is C13H20ClNO2S. The van der Waals surface area contributed by atoms with Crippen molar-refractivity contribution in [3.63, 3.8) is 0 Å². The first-order valence-corrected chi connectivity index (χ1v) is 6.67. The summed E-state index contributed by atoms with van der Waals surface area (Å²) in [6.45, 7) is 3.90. The molecule has 2 atom stereocenters. The molecule has 18 heavy (non-hydrogen) atoms. The zero-order valence-corrected chi connectivity index (χ0v) is 12.2. The quantitative estimate of drug-likeness (QED) is 0.791. The first-order valence-electron chi connectivity index (χ1n) is 5.68. The molecule has 0 saturated carbocycles. The van der Waals surface area contributed by atoms with Crippen LogP contribution in [0.3, 0.4) is 0 Å². The molecule has 0 fully saturated rings. The van der Waals surface area contributed by atoms with E-state index in [0.717, 1.165) is 4.90 Å². The van der Waals surface area contributed by atoms with Gasteiger partial charge >= 0.3 is 5.97 Å². The van der Waals surface area contributed by atoms with Crippen molar-refractivity contribution in [3.05, 3.63) is 30.3 Å². The average Bonchev–Trinajstić information content (AvgIpc) is 2.29. The SMILES string of the molecule is CC(C)[C@H](N)[C@@H](CSc1ccccc1)C(=O)O.Cl. The van der Waals surface area contributed by atoms with Crippen LogP contribution in [0, 0.1) is 11.8 Å². The maximum absolute atomic E-state index is 11.2. The Morgan fingerprint density at radius 3 is 2.33 bits per heavy atom. The Bertz CT molecular complexity index is 359. The van der Waals surface area contributed by atoms with Crippen LogP contribution in [0.25, 0.3) is 0 Å². The largest absolute Gasteiger partial charge is 0.481 e. The summed E-state index contributed by atoms with van der Waals surface area (Å²) < 4.78 is 0. The Hall–Kier alpha value is -0.710. The summed E-state index contributed by atoms with van der Waals surface area (Å²) >= 11 is 1.54. The molecule has 3 N–H and O–H groups in total. The Balaban J connectivity index is 0.00000289. The van der Waals surface area contributed by atoms with E-state index in [1.165, 1.54) is 0 Å². The standard InChI is InChI=1S/C13H19NO2S.ClH/c1-9(2)12(14)11(13(15)16)8-17-10-6-4-3-5-7-10;/h3-7,9,11-12H,8,14H2,1-2H3,(H,15,16);1H/t11-,12+;/m1./s1. The van der Waals surface area contributed by atoms with E-state index in [9.17, 15) is 9.90 Å². The van der Waals surface area contributed by atoms with E-state index in [1.54, 1.807) is 11.8 Å². The molecule has 0 bridgehead atoms. The third-order valence-corrected chi connectivity index (χ3v) is 3.86. The number of thioether (sulfide) groups is 1. The van der Waals surface area contributed by atoms with Crippen molar-refractivity contribution in [1.82, 2.24) is 0 Å². The van der Waals surface area contributed by atoms with Crippen LogP contribution in [0.5, 0.6) is 0 Å². The smallest absolute Gasteiger partial charge is 0.308 e. The summed E-state index contributed by atoms with van der Waals surface area (Å²) in [5.41, 5.74) is 5.93. The van der Waals surface area contributed by atoms with Crippen LogP contribution < -0.4 is 5.73 Å². The summed E-state index contributed by atoms with van der Waals surface area (Å²) in [5, 5.41) is 9.18. The minimum Gasteiger partial charge on any atom is -0.481 e. The average molecular weight is 290 g/mol. The number of benzene rings is 1. The van der Waals surface area contributed by atoms with Gasteiger partial charge in [-0.1, -0.05) is 32.0 Å². The molecule has 0 aliphatic rings. The Kier molecular flexibility index (Phi) is 8.07. The van der Waals surface area contributed by atoms with Crippen molar-refractivity contribution in [1.29, 1.82) is 0 Å². The number of aliphatic carboxylic acids is 1. The molecule has 1 aromatic carbocycles. The topological polar surface area (TPSA) is 63.3 Å². The monoisotopic (exact) mass is 289 g/mol. The zero-order valence-electron chi connectivity index (χ0n) is 10.6. The third-order valence-electron chi connectivity index (χ3n) is 2.72. The summed E-state index contributed by atoms with van der Waals surface area (Å²) in [4.78, 5) is 12.3. The Morgan fingerprint density at radius 1 is 1.33 bits per heavy atom. The van der Waals surface area contributed by atoms with Crippen molar-refractivity contribution >= 4 is 30.1 Å². The summed E-state index contributed by atoms with van der Waals surface area (Å²) in [7, 11) is 0. The van der Waals surface area contributed by atoms with Gasteiger partial charge in [0.05, 0.1) is 5.92 Å². The first-order chi connectivity index (χ1) is 8.02. The van der Waals surface area contributed by atoms with Gasteiger partial charge in [-0.2, -0.15) is 0 Å². The molecule has 0 heterocycles. The van der Waals surface area contributed by atoms with E-state index in [0.29, 0.717) is 5.75 Å². The molecule has 1 aromatic rings. The number of nitrogens with two attached hydrogens (primary N) is 1. The summed E-state index contributed by atoms with van der Waals surface area (Å²) in [6, 6.07) is 9.48. The normalized spacial score (nSPS) is 13.8. The highest BCUT2D eigenvalue weighted by atomic mass is 35.5. The van der Waals surface area contributed by atoms with Crippen LogP contribution in [0.1, 0.15) is 13.8 Å². The van der Waals surface area contributed by atoms with E-state index in [4.69, 9.17) is 5.73 Å². The van der Waals surface area contributed by atoms with Gasteiger partial charge in [-0.25, -0.2) is 0 Å². The number of carboxylic acid groups (broad SMARTS) is 1. The summed E-state index contributed by atoms with van der Waals surface area (Å²) in [5.74, 6) is -0.624. The van der Waals surface area contributed by atoms with Gasteiger partial charge in [-0.15, -0.1) is 24.2 Å². The number of carbonyl (C=O) groups is 1. The molecule has 5 heteroatoms. The lowest BCUT2D eigenvalue weighted by Gasteiger charge is -2.22. The lowest BCUT2D eigenvalue weighted by Crippen LogP contribution is -2.41. The predicted octanol–water partition coefficient (Wildman–Crippen LogP) is 2.88. The van der Waals surface area contributed by atoms with Gasteiger partial charge in [0.2, 0.25) is 0 Å². The second kappa shape index (κ2) is 8.40. The van der Waals surface area contributed by atoms with Crippen molar-refractivity contribution < 1.29 is 9.90 Å². The molecule has 102 valence electrons. The minimum absolute atomic E-state index is 0. The van der Waals surface area contributed by atoms with Crippen LogP contribution in [0.2, 0.25) is 0 Å². The van der Waals surface area contributed by atoms with Crippen molar-refractivity contribution in [2.75, 3.05) is 5.75 Å². The van der Waals surface area contributed by atoms with E-state index >= 15 is 0 Å². The van der Waals surface area contributed by atoms with Gasteiger partial charge in [0.1, 0.15) is 0 Å². The number of rotatable bonds is 6. The van der Waals surface area contributed by atoms with E-state index in [2.05, 4.69) is 0 Å². The lowest BCUT2D eigenvalue weighted by molar-refractivity contribution is -0.141. The van der Waals surface area contributed by atoms with E-state index in [1.807, 2.05) is 44.2 Å². The van der Waals surface area contributed by atoms with E-state index in [-0.39, 0.29) is 24.4 Å². The number of hydrogen-bond acceptors (Lipinski definition) is 3. The van der Waals surface area contributed by atoms with Crippen LogP contribution >= 0.6 is 24.2 Å². The highest BCUT2D eigenvalue weighted by Crippen LogP contribution is 2.23. The molecule has 0 radical (unpaired) electrons. The van der Waals surface area contributed by atoms with Crippen LogP contribution in [0.4, 0.5) is 0 Å². The van der Waals surface area contributed by atoms with Crippen molar-refractivity contribution in [3.8, 4) is 0 Å². The molecule has 0 spiro atoms. The third kappa shape index (κ3) is 5.29. The highest BCUT2D eigenvalue weighted by molar-refractivity contribution is 7.99. The molecule has 1 rings (SSSR count). The predicted molar refractivity (Wildman–Crippen MR) is 78.4 cm³/mol. The molecule has 0 saturated heterocycles. The molecule has 0 unspecified atom stereocenters. The van der Waals surface area contributed by atoms with Gasteiger partial charge in [0.15, 0.2) is 0 Å². The number of carboxylic acids is 1. The minimum atomic E-state index is -0.811. The summed E-state index contributed by atoms with van der Waals surface area (Å²) in [6.07, 6.45) is 0. The highest BCUT2D eigenvalue weighted by Gasteiger charge is 2.27. The van der Waals surface area contributed by atoms with Crippen molar-refractivity contribution in [2.45, 2.75) is 24.8 Å². The molecule has 0 aliphatic carbocycles. The fraction of sp³-hybridized carbons (Fsp3) is 0.462. The molecule has 0 amide bonds. The maximum atomic E-state index is 11.2. The first kappa shape index (κ1) is 17.3. The fourth-order valence-corrected chi connectivity index (χ4v) is 2.60. The van der Waals surface area contributed by atoms with Gasteiger partial charge in [0, 0.05) is 16.7 Å². The van der Waals surface area contributed by atoms with Gasteiger partial charge in [-0.3, -0.25) is 4.79 Å². The molecule has 0 aliphatic heterocycles. The van der Waals surface area contributed by atoms with Crippen LogP contribution in [-0.4, -0.2) is 22.9 Å². The molecule has 0 aromatic heterocycles. The molecule has 3 nitrogen and oxygen atoms in total. The molecular weight excluding hydrogens is 270 g/mol. The zero-order chi connectivity index (χ0) is 12.8. The lowest BCUT2D eigenvalue weighted by atomic mass is 9.93. The van der Waals surface area contributed by atoms with Gasteiger partial charge in [-0.05, 0) is 18.1 Å². The number of halogens is 1. The van der Waals surface area contributed by atoms with Gasteiger partial charge < -0.3 is 10.8 Å². The van der Waals surface area contributed by atoms with Crippen LogP contribution in [0.15, 0.2) is 35.2 Å². The van der Waals surface area contributed by atoms with Crippen LogP contribution in [-0.2, 0) is 4.79 Å². The fourth-order valence-electron chi connectivity index (χ4n) is 1.51.